The normalized spacial score (nSPS) is 17.8. The van der Waals surface area contributed by atoms with Gasteiger partial charge in [0.15, 0.2) is 0 Å². The molecule has 3 aromatic rings. The standard InChI is InChI=1S/C26H29N5O3/c1-18-16-31(26(33)34-17-20-8-4-3-5-9-20)19(2)15-30(18)24-13-12-21(14-28-24)25(32)29-23-11-7-6-10-22(23)27/h3-14,18-19H,15-17,27H2,1-2H3,(H,29,32). The van der Waals surface area contributed by atoms with Gasteiger partial charge in [0.2, 0.25) is 0 Å². The molecule has 8 heteroatoms. The molecule has 0 saturated carbocycles. The van der Waals surface area contributed by atoms with Gasteiger partial charge in [0.25, 0.3) is 5.91 Å². The number of para-hydroxylation sites is 2. The maximum atomic E-state index is 12.7. The van der Waals surface area contributed by atoms with Crippen LogP contribution >= 0.6 is 0 Å². The molecule has 1 fully saturated rings. The van der Waals surface area contributed by atoms with Gasteiger partial charge >= 0.3 is 6.09 Å². The number of nitrogens with one attached hydrogen (secondary N) is 1. The van der Waals surface area contributed by atoms with Crippen LogP contribution < -0.4 is 16.0 Å². The lowest BCUT2D eigenvalue weighted by Crippen LogP contribution is -2.58. The molecule has 34 heavy (non-hydrogen) atoms. The summed E-state index contributed by atoms with van der Waals surface area (Å²) in [5.41, 5.74) is 8.37. The first-order chi connectivity index (χ1) is 16.4. The smallest absolute Gasteiger partial charge is 0.410 e. The van der Waals surface area contributed by atoms with Crippen LogP contribution in [0.3, 0.4) is 0 Å². The molecule has 0 radical (unpaired) electrons. The molecule has 2 atom stereocenters. The number of anilines is 3. The molecule has 0 aliphatic carbocycles. The van der Waals surface area contributed by atoms with E-state index >= 15 is 0 Å². The number of hydrogen-bond acceptors (Lipinski definition) is 6. The predicted octanol–water partition coefficient (Wildman–Crippen LogP) is 4.15. The zero-order valence-corrected chi connectivity index (χ0v) is 19.3. The molecular formula is C26H29N5O3. The number of amides is 2. The Kier molecular flexibility index (Phi) is 6.96. The first-order valence-electron chi connectivity index (χ1n) is 11.3. The Hall–Kier alpha value is -4.07. The van der Waals surface area contributed by atoms with Gasteiger partial charge in [-0.1, -0.05) is 42.5 Å². The van der Waals surface area contributed by atoms with Crippen molar-refractivity contribution in [1.82, 2.24) is 9.88 Å². The quantitative estimate of drug-likeness (QED) is 0.556. The molecule has 2 heterocycles. The van der Waals surface area contributed by atoms with Gasteiger partial charge in [0.05, 0.1) is 16.9 Å². The maximum Gasteiger partial charge on any atom is 0.410 e. The van der Waals surface area contributed by atoms with E-state index in [0.717, 1.165) is 11.4 Å². The van der Waals surface area contributed by atoms with Crippen LogP contribution in [-0.4, -0.2) is 47.1 Å². The lowest BCUT2D eigenvalue weighted by atomic mass is 10.1. The lowest BCUT2D eigenvalue weighted by Gasteiger charge is -2.44. The Morgan fingerprint density at radius 2 is 1.74 bits per heavy atom. The van der Waals surface area contributed by atoms with Gasteiger partial charge in [-0.3, -0.25) is 4.79 Å². The Morgan fingerprint density at radius 3 is 2.44 bits per heavy atom. The Morgan fingerprint density at radius 1 is 1.00 bits per heavy atom. The molecule has 176 valence electrons. The van der Waals surface area contributed by atoms with Crippen molar-refractivity contribution in [2.24, 2.45) is 0 Å². The minimum atomic E-state index is -0.317. The largest absolute Gasteiger partial charge is 0.445 e. The number of benzene rings is 2. The van der Waals surface area contributed by atoms with Crippen LogP contribution in [0.25, 0.3) is 0 Å². The van der Waals surface area contributed by atoms with E-state index in [-0.39, 0.29) is 30.7 Å². The average molecular weight is 460 g/mol. The van der Waals surface area contributed by atoms with Crippen LogP contribution in [0.15, 0.2) is 72.9 Å². The summed E-state index contributed by atoms with van der Waals surface area (Å²) >= 11 is 0. The number of ether oxygens (including phenoxy) is 1. The molecule has 1 aliphatic heterocycles. The van der Waals surface area contributed by atoms with E-state index in [4.69, 9.17) is 10.5 Å². The van der Waals surface area contributed by atoms with E-state index < -0.39 is 0 Å². The van der Waals surface area contributed by atoms with Crippen molar-refractivity contribution in [2.75, 3.05) is 29.0 Å². The number of nitrogens with zero attached hydrogens (tertiary/aromatic N) is 3. The van der Waals surface area contributed by atoms with Gasteiger partial charge < -0.3 is 25.6 Å². The first kappa shape index (κ1) is 23.1. The molecule has 4 rings (SSSR count). The number of carbonyl (C=O) groups excluding carboxylic acids is 2. The van der Waals surface area contributed by atoms with E-state index in [9.17, 15) is 9.59 Å². The number of nitrogens with two attached hydrogens (primary N) is 1. The number of pyridine rings is 1. The first-order valence-corrected chi connectivity index (χ1v) is 11.3. The van der Waals surface area contributed by atoms with Gasteiger partial charge in [0.1, 0.15) is 12.4 Å². The molecule has 1 aliphatic rings. The number of piperazine rings is 1. The summed E-state index contributed by atoms with van der Waals surface area (Å²) in [6.07, 6.45) is 1.24. The molecule has 2 amide bonds. The summed E-state index contributed by atoms with van der Waals surface area (Å²) in [5, 5.41) is 2.81. The fraction of sp³-hybridized carbons (Fsp3) is 0.269. The highest BCUT2D eigenvalue weighted by atomic mass is 16.6. The molecule has 0 bridgehead atoms. The van der Waals surface area contributed by atoms with Gasteiger partial charge in [0, 0.05) is 31.4 Å². The number of aromatic nitrogens is 1. The van der Waals surface area contributed by atoms with Crippen molar-refractivity contribution >= 4 is 29.2 Å². The Balaban J connectivity index is 1.36. The van der Waals surface area contributed by atoms with Crippen LogP contribution in [-0.2, 0) is 11.3 Å². The second-order valence-corrected chi connectivity index (χ2v) is 8.49. The molecular weight excluding hydrogens is 430 g/mol. The fourth-order valence-corrected chi connectivity index (χ4v) is 4.00. The highest BCUT2D eigenvalue weighted by molar-refractivity contribution is 6.05. The zero-order valence-electron chi connectivity index (χ0n) is 19.3. The van der Waals surface area contributed by atoms with Gasteiger partial charge in [-0.05, 0) is 43.7 Å². The SMILES string of the molecule is CC1CN(c2ccc(C(=O)Nc3ccccc3N)cn2)C(C)CN1C(=O)OCc1ccccc1. The molecule has 8 nitrogen and oxygen atoms in total. The number of nitrogen functional groups attached to an aromatic ring is 1. The van der Waals surface area contributed by atoms with Crippen molar-refractivity contribution in [3.63, 3.8) is 0 Å². The van der Waals surface area contributed by atoms with Gasteiger partial charge in [-0.25, -0.2) is 9.78 Å². The van der Waals surface area contributed by atoms with Crippen molar-refractivity contribution in [2.45, 2.75) is 32.5 Å². The van der Waals surface area contributed by atoms with Crippen LogP contribution in [0.1, 0.15) is 29.8 Å². The number of carbonyl (C=O) groups is 2. The van der Waals surface area contributed by atoms with Crippen LogP contribution in [0.2, 0.25) is 0 Å². The van der Waals surface area contributed by atoms with E-state index in [1.165, 1.54) is 0 Å². The molecule has 2 unspecified atom stereocenters. The summed E-state index contributed by atoms with van der Waals surface area (Å²) in [7, 11) is 0. The summed E-state index contributed by atoms with van der Waals surface area (Å²) in [5.74, 6) is 0.483. The van der Waals surface area contributed by atoms with E-state index in [1.54, 1.807) is 29.3 Å². The van der Waals surface area contributed by atoms with Crippen molar-refractivity contribution < 1.29 is 14.3 Å². The summed E-state index contributed by atoms with van der Waals surface area (Å²) in [6, 6.07) is 20.3. The zero-order chi connectivity index (χ0) is 24.1. The maximum absolute atomic E-state index is 12.7. The summed E-state index contributed by atoms with van der Waals surface area (Å²) in [4.78, 5) is 33.7. The average Bonchev–Trinajstić information content (AvgIpc) is 2.86. The minimum absolute atomic E-state index is 0.0387. The minimum Gasteiger partial charge on any atom is -0.445 e. The number of rotatable bonds is 5. The van der Waals surface area contributed by atoms with Crippen LogP contribution in [0.4, 0.5) is 22.0 Å². The Bertz CT molecular complexity index is 1140. The van der Waals surface area contributed by atoms with Crippen LogP contribution in [0, 0.1) is 0 Å². The van der Waals surface area contributed by atoms with E-state index in [0.29, 0.717) is 30.0 Å². The fourth-order valence-electron chi connectivity index (χ4n) is 4.00. The van der Waals surface area contributed by atoms with Crippen molar-refractivity contribution in [3.05, 3.63) is 84.1 Å². The number of hydrogen-bond donors (Lipinski definition) is 2. The van der Waals surface area contributed by atoms with Crippen molar-refractivity contribution in [3.8, 4) is 0 Å². The summed E-state index contributed by atoms with van der Waals surface area (Å²) in [6.45, 7) is 5.42. The monoisotopic (exact) mass is 459 g/mol. The molecule has 1 aromatic heterocycles. The third kappa shape index (κ3) is 5.28. The van der Waals surface area contributed by atoms with Gasteiger partial charge in [-0.15, -0.1) is 0 Å². The topological polar surface area (TPSA) is 101 Å². The molecule has 2 aromatic carbocycles. The van der Waals surface area contributed by atoms with Crippen molar-refractivity contribution in [1.29, 1.82) is 0 Å². The second kappa shape index (κ2) is 10.2. The molecule has 0 spiro atoms. The lowest BCUT2D eigenvalue weighted by molar-refractivity contribution is 0.0737. The highest BCUT2D eigenvalue weighted by Gasteiger charge is 2.33. The third-order valence-corrected chi connectivity index (χ3v) is 5.94. The summed E-state index contributed by atoms with van der Waals surface area (Å²) < 4.78 is 5.53. The molecule has 3 N–H and O–H groups in total. The van der Waals surface area contributed by atoms with Gasteiger partial charge in [-0.2, -0.15) is 0 Å². The van der Waals surface area contributed by atoms with Crippen LogP contribution in [0.5, 0.6) is 0 Å². The van der Waals surface area contributed by atoms with E-state index in [2.05, 4.69) is 15.2 Å². The second-order valence-electron chi connectivity index (χ2n) is 8.49. The third-order valence-electron chi connectivity index (χ3n) is 5.94. The van der Waals surface area contributed by atoms with E-state index in [1.807, 2.05) is 62.4 Å². The predicted molar refractivity (Wildman–Crippen MR) is 133 cm³/mol. The Labute approximate surface area is 199 Å². The molecule has 1 saturated heterocycles. The highest BCUT2D eigenvalue weighted by Crippen LogP contribution is 2.23.